The minimum atomic E-state index is -1.84. The largest absolute Gasteiger partial charge is 0.375 e. The molecule has 1 aliphatic rings. The summed E-state index contributed by atoms with van der Waals surface area (Å²) in [7, 11) is 0. The van der Waals surface area contributed by atoms with Gasteiger partial charge in [-0.05, 0) is 13.0 Å². The van der Waals surface area contributed by atoms with Crippen molar-refractivity contribution in [3.05, 3.63) is 65.2 Å². The van der Waals surface area contributed by atoms with Crippen LogP contribution < -0.4 is 5.32 Å². The van der Waals surface area contributed by atoms with Gasteiger partial charge in [0.2, 0.25) is 0 Å². The maximum Gasteiger partial charge on any atom is 0.261 e. The lowest BCUT2D eigenvalue weighted by Gasteiger charge is -2.27. The second kappa shape index (κ2) is 5.07. The Kier molecular flexibility index (Phi) is 3.34. The van der Waals surface area contributed by atoms with Crippen molar-refractivity contribution in [3.8, 4) is 0 Å². The Labute approximate surface area is 128 Å². The number of benzene rings is 2. The van der Waals surface area contributed by atoms with Gasteiger partial charge in [0.05, 0.1) is 5.92 Å². The molecule has 1 aliphatic heterocycles. The van der Waals surface area contributed by atoms with Gasteiger partial charge in [0.25, 0.3) is 5.91 Å². The van der Waals surface area contributed by atoms with Crippen molar-refractivity contribution in [1.82, 2.24) is 0 Å². The van der Waals surface area contributed by atoms with Crippen LogP contribution in [0.25, 0.3) is 0 Å². The lowest BCUT2D eigenvalue weighted by Crippen LogP contribution is -2.44. The van der Waals surface area contributed by atoms with Crippen LogP contribution in [0.5, 0.6) is 0 Å². The Bertz CT molecular complexity index is 754. The highest BCUT2D eigenvalue weighted by Crippen LogP contribution is 2.42. The Hall–Kier alpha value is -2.46. The van der Waals surface area contributed by atoms with E-state index in [1.165, 1.54) is 0 Å². The molecule has 0 saturated heterocycles. The van der Waals surface area contributed by atoms with Gasteiger partial charge in [-0.25, -0.2) is 0 Å². The second-order valence-electron chi connectivity index (χ2n) is 5.72. The molecule has 2 aromatic rings. The molecule has 0 fully saturated rings. The quantitative estimate of drug-likeness (QED) is 0.856. The number of amides is 1. The summed E-state index contributed by atoms with van der Waals surface area (Å²) in [5.41, 5.74) is 0.597. The molecule has 22 heavy (non-hydrogen) atoms. The van der Waals surface area contributed by atoms with Gasteiger partial charge in [0.1, 0.15) is 0 Å². The van der Waals surface area contributed by atoms with Crippen molar-refractivity contribution in [3.63, 3.8) is 0 Å². The lowest BCUT2D eigenvalue weighted by atomic mass is 9.79. The Morgan fingerprint density at radius 1 is 1.18 bits per heavy atom. The lowest BCUT2D eigenvalue weighted by molar-refractivity contribution is -0.137. The third-order valence-corrected chi connectivity index (χ3v) is 4.26. The first-order valence-corrected chi connectivity index (χ1v) is 7.19. The standard InChI is InChI=1S/C18H17NO3/c1-11-8-9-15-14(10-11)18(22,17(21)19-15)12(2)16(20)13-6-4-3-5-7-13/h3-10,12,22H,1-2H3,(H,19,21)/t12-,18+/m0/s1. The van der Waals surface area contributed by atoms with Gasteiger partial charge >= 0.3 is 0 Å². The van der Waals surface area contributed by atoms with Crippen LogP contribution in [-0.4, -0.2) is 16.8 Å². The summed E-state index contributed by atoms with van der Waals surface area (Å²) >= 11 is 0. The summed E-state index contributed by atoms with van der Waals surface area (Å²) in [6, 6.07) is 14.1. The van der Waals surface area contributed by atoms with Gasteiger partial charge in [-0.1, -0.05) is 55.0 Å². The third-order valence-electron chi connectivity index (χ3n) is 4.26. The SMILES string of the molecule is Cc1ccc2c(c1)[C@](O)([C@@H](C)C(=O)c1ccccc1)C(=O)N2. The van der Waals surface area contributed by atoms with E-state index in [-0.39, 0.29) is 5.78 Å². The zero-order chi connectivity index (χ0) is 15.9. The van der Waals surface area contributed by atoms with Gasteiger partial charge in [-0.3, -0.25) is 9.59 Å². The zero-order valence-electron chi connectivity index (χ0n) is 12.5. The predicted molar refractivity (Wildman–Crippen MR) is 83.6 cm³/mol. The van der Waals surface area contributed by atoms with Crippen LogP contribution in [0.1, 0.15) is 28.4 Å². The van der Waals surface area contributed by atoms with Crippen molar-refractivity contribution in [2.24, 2.45) is 5.92 Å². The van der Waals surface area contributed by atoms with E-state index in [0.717, 1.165) is 5.56 Å². The molecule has 0 bridgehead atoms. The van der Waals surface area contributed by atoms with Gasteiger partial charge in [0, 0.05) is 16.8 Å². The number of aliphatic hydroxyl groups is 1. The van der Waals surface area contributed by atoms with Crippen LogP contribution in [0, 0.1) is 12.8 Å². The number of anilines is 1. The van der Waals surface area contributed by atoms with Crippen molar-refractivity contribution >= 4 is 17.4 Å². The average molecular weight is 295 g/mol. The van der Waals surface area contributed by atoms with Crippen molar-refractivity contribution in [1.29, 1.82) is 0 Å². The summed E-state index contributed by atoms with van der Waals surface area (Å²) in [4.78, 5) is 25.0. The first-order valence-electron chi connectivity index (χ1n) is 7.19. The minimum absolute atomic E-state index is 0.257. The van der Waals surface area contributed by atoms with Gasteiger partial charge in [-0.2, -0.15) is 0 Å². The zero-order valence-corrected chi connectivity index (χ0v) is 12.5. The number of carbonyl (C=O) groups excluding carboxylic acids is 2. The molecule has 3 rings (SSSR count). The number of carbonyl (C=O) groups is 2. The van der Waals surface area contributed by atoms with E-state index in [1.807, 2.05) is 19.1 Å². The van der Waals surface area contributed by atoms with E-state index in [2.05, 4.69) is 5.32 Å². The number of rotatable bonds is 3. The molecule has 1 amide bonds. The molecule has 0 unspecified atom stereocenters. The van der Waals surface area contributed by atoms with Crippen LogP contribution >= 0.6 is 0 Å². The average Bonchev–Trinajstić information content (AvgIpc) is 2.79. The molecule has 0 radical (unpaired) electrons. The van der Waals surface area contributed by atoms with Gasteiger partial charge in [-0.15, -0.1) is 0 Å². The summed E-state index contributed by atoms with van der Waals surface area (Å²) in [6.07, 6.45) is 0. The molecule has 112 valence electrons. The number of ketones is 1. The number of hydrogen-bond acceptors (Lipinski definition) is 3. The number of fused-ring (bicyclic) bond motifs is 1. The molecule has 4 nitrogen and oxygen atoms in total. The Morgan fingerprint density at radius 3 is 2.55 bits per heavy atom. The van der Waals surface area contributed by atoms with Crippen LogP contribution in [0.3, 0.4) is 0 Å². The van der Waals surface area contributed by atoms with Crippen molar-refractivity contribution < 1.29 is 14.7 Å². The second-order valence-corrected chi connectivity index (χ2v) is 5.72. The highest BCUT2D eigenvalue weighted by atomic mass is 16.3. The maximum absolute atomic E-state index is 12.6. The normalized spacial score (nSPS) is 21.1. The molecule has 1 heterocycles. The van der Waals surface area contributed by atoms with Crippen LogP contribution in [0.4, 0.5) is 5.69 Å². The Morgan fingerprint density at radius 2 is 1.86 bits per heavy atom. The highest BCUT2D eigenvalue weighted by molar-refractivity contribution is 6.10. The highest BCUT2D eigenvalue weighted by Gasteiger charge is 2.51. The van der Waals surface area contributed by atoms with E-state index in [4.69, 9.17) is 0 Å². The number of aryl methyl sites for hydroxylation is 1. The fourth-order valence-corrected chi connectivity index (χ4v) is 2.89. The van der Waals surface area contributed by atoms with E-state index in [1.54, 1.807) is 43.3 Å². The molecule has 4 heteroatoms. The molecule has 0 aromatic heterocycles. The first kappa shape index (κ1) is 14.5. The predicted octanol–water partition coefficient (Wildman–Crippen LogP) is 2.65. The van der Waals surface area contributed by atoms with Gasteiger partial charge < -0.3 is 10.4 Å². The van der Waals surface area contributed by atoms with Gasteiger partial charge in [0.15, 0.2) is 11.4 Å². The smallest absolute Gasteiger partial charge is 0.261 e. The van der Waals surface area contributed by atoms with Crippen molar-refractivity contribution in [2.45, 2.75) is 19.4 Å². The fraction of sp³-hybridized carbons (Fsp3) is 0.222. The van der Waals surface area contributed by atoms with E-state index >= 15 is 0 Å². The summed E-state index contributed by atoms with van der Waals surface area (Å²) < 4.78 is 0. The first-order chi connectivity index (χ1) is 10.4. The molecule has 2 N–H and O–H groups in total. The number of hydrogen-bond donors (Lipinski definition) is 2. The molecular formula is C18H17NO3. The molecule has 0 aliphatic carbocycles. The molecule has 2 atom stereocenters. The molecule has 0 saturated carbocycles. The van der Waals surface area contributed by atoms with E-state index < -0.39 is 17.4 Å². The molecule has 2 aromatic carbocycles. The Balaban J connectivity index is 2.05. The summed E-state index contributed by atoms with van der Waals surface area (Å²) in [5, 5.41) is 13.7. The van der Waals surface area contributed by atoms with Crippen LogP contribution in [0.15, 0.2) is 48.5 Å². The molecule has 0 spiro atoms. The van der Waals surface area contributed by atoms with Crippen LogP contribution in [0.2, 0.25) is 0 Å². The fourth-order valence-electron chi connectivity index (χ4n) is 2.89. The summed E-state index contributed by atoms with van der Waals surface area (Å²) in [6.45, 7) is 3.47. The number of nitrogens with one attached hydrogen (secondary N) is 1. The summed E-state index contributed by atoms with van der Waals surface area (Å²) in [5.74, 6) is -1.68. The minimum Gasteiger partial charge on any atom is -0.375 e. The van der Waals surface area contributed by atoms with Crippen molar-refractivity contribution in [2.75, 3.05) is 5.32 Å². The topological polar surface area (TPSA) is 66.4 Å². The maximum atomic E-state index is 12.6. The monoisotopic (exact) mass is 295 g/mol. The molecular weight excluding hydrogens is 278 g/mol. The van der Waals surface area contributed by atoms with E-state index in [9.17, 15) is 14.7 Å². The van der Waals surface area contributed by atoms with Crippen LogP contribution in [-0.2, 0) is 10.4 Å². The third kappa shape index (κ3) is 2.04. The number of Topliss-reactive ketones (excluding diaryl/α,β-unsaturated/α-hetero) is 1. The van der Waals surface area contributed by atoms with E-state index in [0.29, 0.717) is 16.8 Å².